The minimum absolute atomic E-state index is 0.144. The summed E-state index contributed by atoms with van der Waals surface area (Å²) < 4.78 is 12.9. The third kappa shape index (κ3) is 4.36. The van der Waals surface area contributed by atoms with Crippen LogP contribution in [0.1, 0.15) is 10.4 Å². The highest BCUT2D eigenvalue weighted by atomic mass is 19.1. The Labute approximate surface area is 123 Å². The predicted molar refractivity (Wildman–Crippen MR) is 80.5 cm³/mol. The van der Waals surface area contributed by atoms with Crippen molar-refractivity contribution in [1.82, 2.24) is 15.2 Å². The summed E-state index contributed by atoms with van der Waals surface area (Å²) in [5.74, 6) is -0.425. The molecule has 0 bridgehead atoms. The van der Waals surface area contributed by atoms with Crippen molar-refractivity contribution in [2.24, 2.45) is 0 Å². The molecule has 0 atom stereocenters. The van der Waals surface area contributed by atoms with Crippen molar-refractivity contribution < 1.29 is 9.18 Å². The van der Waals surface area contributed by atoms with Crippen LogP contribution in [-0.4, -0.2) is 43.0 Å². The Bertz CT molecular complexity index is 594. The fourth-order valence-electron chi connectivity index (χ4n) is 1.81. The highest BCUT2D eigenvalue weighted by molar-refractivity contribution is 5.94. The predicted octanol–water partition coefficient (Wildman–Crippen LogP) is 2.18. The summed E-state index contributed by atoms with van der Waals surface area (Å²) in [6.45, 7) is 1.37. The number of pyridine rings is 1. The largest absolute Gasteiger partial charge is 0.351 e. The Hall–Kier alpha value is -2.27. The first kappa shape index (κ1) is 15.1. The quantitative estimate of drug-likeness (QED) is 0.917. The number of benzene rings is 1. The number of amides is 1. The maximum atomic E-state index is 12.9. The molecule has 1 amide bonds. The van der Waals surface area contributed by atoms with E-state index in [1.165, 1.54) is 18.3 Å². The molecule has 1 N–H and O–H groups in total. The van der Waals surface area contributed by atoms with E-state index in [1.54, 1.807) is 24.3 Å². The molecule has 0 unspecified atom stereocenters. The molecular formula is C16H18FN3O. The molecule has 0 fully saturated rings. The van der Waals surface area contributed by atoms with Gasteiger partial charge in [0.05, 0.1) is 11.3 Å². The average molecular weight is 287 g/mol. The smallest absolute Gasteiger partial charge is 0.252 e. The van der Waals surface area contributed by atoms with Gasteiger partial charge in [-0.1, -0.05) is 0 Å². The number of halogens is 1. The topological polar surface area (TPSA) is 45.2 Å². The van der Waals surface area contributed by atoms with Crippen LogP contribution in [0.4, 0.5) is 4.39 Å². The van der Waals surface area contributed by atoms with Crippen LogP contribution in [0.15, 0.2) is 42.6 Å². The average Bonchev–Trinajstić information content (AvgIpc) is 2.48. The molecule has 1 aromatic heterocycles. The van der Waals surface area contributed by atoms with E-state index in [9.17, 15) is 9.18 Å². The third-order valence-electron chi connectivity index (χ3n) is 3.01. The van der Waals surface area contributed by atoms with Gasteiger partial charge in [-0.05, 0) is 50.5 Å². The van der Waals surface area contributed by atoms with Gasteiger partial charge in [0.1, 0.15) is 5.82 Å². The fourth-order valence-corrected chi connectivity index (χ4v) is 1.81. The van der Waals surface area contributed by atoms with Crippen molar-refractivity contribution >= 4 is 5.91 Å². The molecule has 0 saturated carbocycles. The molecule has 0 aliphatic heterocycles. The number of hydrogen-bond acceptors (Lipinski definition) is 3. The molecule has 0 aliphatic carbocycles. The first-order valence-corrected chi connectivity index (χ1v) is 6.71. The van der Waals surface area contributed by atoms with Crippen LogP contribution in [0.5, 0.6) is 0 Å². The lowest BCUT2D eigenvalue weighted by Crippen LogP contribution is -2.31. The number of nitrogens with one attached hydrogen (secondary N) is 1. The van der Waals surface area contributed by atoms with Gasteiger partial charge in [-0.3, -0.25) is 9.78 Å². The molecule has 0 spiro atoms. The molecule has 21 heavy (non-hydrogen) atoms. The molecule has 2 rings (SSSR count). The van der Waals surface area contributed by atoms with E-state index in [2.05, 4.69) is 10.3 Å². The van der Waals surface area contributed by atoms with Gasteiger partial charge in [-0.25, -0.2) is 4.39 Å². The number of likely N-dealkylation sites (N-methyl/N-ethyl adjacent to an activating group) is 1. The van der Waals surface area contributed by atoms with Gasteiger partial charge in [0.25, 0.3) is 5.91 Å². The number of carbonyl (C=O) groups is 1. The lowest BCUT2D eigenvalue weighted by atomic mass is 10.1. The summed E-state index contributed by atoms with van der Waals surface area (Å²) >= 11 is 0. The molecule has 0 radical (unpaired) electrons. The number of rotatable bonds is 5. The van der Waals surface area contributed by atoms with Gasteiger partial charge in [0, 0.05) is 24.8 Å². The Morgan fingerprint density at radius 2 is 1.90 bits per heavy atom. The lowest BCUT2D eigenvalue weighted by Gasteiger charge is -2.10. The van der Waals surface area contributed by atoms with E-state index in [0.29, 0.717) is 17.8 Å². The van der Waals surface area contributed by atoms with Crippen molar-refractivity contribution in [3.63, 3.8) is 0 Å². The second-order valence-corrected chi connectivity index (χ2v) is 5.00. The Morgan fingerprint density at radius 1 is 1.19 bits per heavy atom. The Kier molecular flexibility index (Phi) is 5.00. The monoisotopic (exact) mass is 287 g/mol. The molecule has 1 aromatic carbocycles. The minimum atomic E-state index is -0.282. The summed E-state index contributed by atoms with van der Waals surface area (Å²) in [6.07, 6.45) is 1.53. The summed E-state index contributed by atoms with van der Waals surface area (Å²) in [7, 11) is 3.90. The second-order valence-electron chi connectivity index (χ2n) is 5.00. The number of carbonyl (C=O) groups excluding carboxylic acids is 1. The molecule has 4 nitrogen and oxygen atoms in total. The zero-order valence-electron chi connectivity index (χ0n) is 12.1. The SMILES string of the molecule is CN(C)CCNC(=O)c1ccc(-c2ccc(F)cc2)nc1. The zero-order valence-corrected chi connectivity index (χ0v) is 12.1. The van der Waals surface area contributed by atoms with Crippen molar-refractivity contribution in [3.05, 3.63) is 54.0 Å². The van der Waals surface area contributed by atoms with Crippen molar-refractivity contribution in [2.75, 3.05) is 27.2 Å². The molecule has 2 aromatic rings. The van der Waals surface area contributed by atoms with Crippen molar-refractivity contribution in [3.8, 4) is 11.3 Å². The molecule has 0 saturated heterocycles. The van der Waals surface area contributed by atoms with E-state index in [0.717, 1.165) is 12.1 Å². The first-order chi connectivity index (χ1) is 10.1. The summed E-state index contributed by atoms with van der Waals surface area (Å²) in [5, 5.41) is 2.83. The summed E-state index contributed by atoms with van der Waals surface area (Å²) in [5.41, 5.74) is 2.04. The van der Waals surface area contributed by atoms with Crippen LogP contribution in [0.25, 0.3) is 11.3 Å². The molecule has 1 heterocycles. The molecule has 0 aliphatic rings. The lowest BCUT2D eigenvalue weighted by molar-refractivity contribution is 0.0950. The molecule has 5 heteroatoms. The van der Waals surface area contributed by atoms with Gasteiger partial charge in [0.15, 0.2) is 0 Å². The summed E-state index contributed by atoms with van der Waals surface area (Å²) in [4.78, 5) is 18.1. The Balaban J connectivity index is 2.01. The van der Waals surface area contributed by atoms with Crippen LogP contribution in [0.2, 0.25) is 0 Å². The maximum Gasteiger partial charge on any atom is 0.252 e. The number of hydrogen-bond donors (Lipinski definition) is 1. The van der Waals surface area contributed by atoms with E-state index < -0.39 is 0 Å². The normalized spacial score (nSPS) is 10.7. The standard InChI is InChI=1S/C16H18FN3O/c1-20(2)10-9-18-16(21)13-5-8-15(19-11-13)12-3-6-14(17)7-4-12/h3-8,11H,9-10H2,1-2H3,(H,18,21). The van der Waals surface area contributed by atoms with Gasteiger partial charge in [-0.15, -0.1) is 0 Å². The summed E-state index contributed by atoms with van der Waals surface area (Å²) in [6, 6.07) is 9.57. The zero-order chi connectivity index (χ0) is 15.2. The molecular weight excluding hydrogens is 269 g/mol. The second kappa shape index (κ2) is 6.95. The third-order valence-corrected chi connectivity index (χ3v) is 3.01. The van der Waals surface area contributed by atoms with Gasteiger partial charge in [-0.2, -0.15) is 0 Å². The van der Waals surface area contributed by atoms with E-state index in [1.807, 2.05) is 19.0 Å². The number of nitrogens with zero attached hydrogens (tertiary/aromatic N) is 2. The molecule has 110 valence electrons. The first-order valence-electron chi connectivity index (χ1n) is 6.71. The van der Waals surface area contributed by atoms with E-state index in [-0.39, 0.29) is 11.7 Å². The maximum absolute atomic E-state index is 12.9. The highest BCUT2D eigenvalue weighted by Gasteiger charge is 2.06. The van der Waals surface area contributed by atoms with Gasteiger partial charge in [0.2, 0.25) is 0 Å². The highest BCUT2D eigenvalue weighted by Crippen LogP contribution is 2.17. The van der Waals surface area contributed by atoms with Crippen LogP contribution in [0.3, 0.4) is 0 Å². The van der Waals surface area contributed by atoms with Crippen LogP contribution < -0.4 is 5.32 Å². The van der Waals surface area contributed by atoms with Crippen LogP contribution in [-0.2, 0) is 0 Å². The van der Waals surface area contributed by atoms with Crippen molar-refractivity contribution in [2.45, 2.75) is 0 Å². The van der Waals surface area contributed by atoms with E-state index in [4.69, 9.17) is 0 Å². The Morgan fingerprint density at radius 3 is 2.48 bits per heavy atom. The van der Waals surface area contributed by atoms with Crippen LogP contribution in [0, 0.1) is 5.82 Å². The minimum Gasteiger partial charge on any atom is -0.351 e. The van der Waals surface area contributed by atoms with Gasteiger partial charge >= 0.3 is 0 Å². The fraction of sp³-hybridized carbons (Fsp3) is 0.250. The van der Waals surface area contributed by atoms with E-state index >= 15 is 0 Å². The van der Waals surface area contributed by atoms with Gasteiger partial charge < -0.3 is 10.2 Å². The van der Waals surface area contributed by atoms with Crippen molar-refractivity contribution in [1.29, 1.82) is 0 Å². The van der Waals surface area contributed by atoms with Crippen LogP contribution >= 0.6 is 0 Å². The number of aromatic nitrogens is 1.